The lowest BCUT2D eigenvalue weighted by molar-refractivity contribution is 0.0697. The number of hydrogen-bond donors (Lipinski definition) is 3. The zero-order valence-electron chi connectivity index (χ0n) is 20.7. The topological polar surface area (TPSA) is 104 Å². The summed E-state index contributed by atoms with van der Waals surface area (Å²) >= 11 is 6.33. The number of carboxylic acid groups (broad SMARTS) is 1. The monoisotopic (exact) mass is 525 g/mol. The minimum absolute atomic E-state index is 0.0219. The third-order valence-corrected chi connectivity index (χ3v) is 6.60. The number of methoxy groups -OCH3 is 1. The number of nitrogens with zero attached hydrogens (tertiary/aromatic N) is 1. The number of carboxylic acids is 1. The van der Waals surface area contributed by atoms with Gasteiger partial charge in [-0.05, 0) is 78.2 Å². The van der Waals surface area contributed by atoms with Gasteiger partial charge in [-0.25, -0.2) is 9.78 Å². The molecule has 0 aliphatic carbocycles. The number of aromatic carboxylic acids is 1. The Morgan fingerprint density at radius 3 is 2.50 bits per heavy atom. The molecule has 0 saturated carbocycles. The maximum absolute atomic E-state index is 13.1. The highest BCUT2D eigenvalue weighted by atomic mass is 35.5. The van der Waals surface area contributed by atoms with Gasteiger partial charge >= 0.3 is 5.97 Å². The van der Waals surface area contributed by atoms with Crippen LogP contribution in [-0.2, 0) is 0 Å². The molecule has 1 heterocycles. The highest BCUT2D eigenvalue weighted by molar-refractivity contribution is 6.31. The van der Waals surface area contributed by atoms with Crippen molar-refractivity contribution in [1.29, 1.82) is 0 Å². The number of nitrogens with one attached hydrogen (secondary N) is 2. The summed E-state index contributed by atoms with van der Waals surface area (Å²) in [5.41, 5.74) is 4.43. The second-order valence-corrected chi connectivity index (χ2v) is 9.27. The van der Waals surface area contributed by atoms with Crippen molar-refractivity contribution in [1.82, 2.24) is 15.3 Å². The molecule has 7 nitrogen and oxygen atoms in total. The number of aromatic amines is 1. The van der Waals surface area contributed by atoms with E-state index in [4.69, 9.17) is 16.3 Å². The zero-order chi connectivity index (χ0) is 26.8. The average molecular weight is 526 g/mol. The van der Waals surface area contributed by atoms with Gasteiger partial charge in [0, 0.05) is 16.1 Å². The van der Waals surface area contributed by atoms with Gasteiger partial charge in [0.2, 0.25) is 0 Å². The van der Waals surface area contributed by atoms with E-state index >= 15 is 0 Å². The minimum Gasteiger partial charge on any atom is -0.497 e. The molecule has 4 aromatic carbocycles. The molecule has 0 aliphatic heterocycles. The Kier molecular flexibility index (Phi) is 6.85. The molecular weight excluding hydrogens is 502 g/mol. The Hall–Kier alpha value is -4.62. The molecule has 5 aromatic rings. The molecule has 190 valence electrons. The maximum atomic E-state index is 13.1. The molecule has 3 N–H and O–H groups in total. The third-order valence-electron chi connectivity index (χ3n) is 6.37. The van der Waals surface area contributed by atoms with E-state index in [1.807, 2.05) is 55.5 Å². The van der Waals surface area contributed by atoms with Crippen LogP contribution in [0.3, 0.4) is 0 Å². The molecule has 0 unspecified atom stereocenters. The molecule has 5 rings (SSSR count). The first-order valence-electron chi connectivity index (χ1n) is 11.9. The van der Waals surface area contributed by atoms with Crippen LogP contribution in [0.25, 0.3) is 33.5 Å². The summed E-state index contributed by atoms with van der Waals surface area (Å²) in [5, 5.41) is 13.5. The van der Waals surface area contributed by atoms with Crippen molar-refractivity contribution < 1.29 is 19.4 Å². The van der Waals surface area contributed by atoms with Gasteiger partial charge in [-0.2, -0.15) is 0 Å². The first kappa shape index (κ1) is 25.0. The molecule has 1 aromatic heterocycles. The Morgan fingerprint density at radius 2 is 1.74 bits per heavy atom. The zero-order valence-corrected chi connectivity index (χ0v) is 21.4. The van der Waals surface area contributed by atoms with Crippen molar-refractivity contribution in [3.05, 3.63) is 107 Å². The number of imidazole rings is 1. The summed E-state index contributed by atoms with van der Waals surface area (Å²) in [6.07, 6.45) is 0. The predicted molar refractivity (Wildman–Crippen MR) is 148 cm³/mol. The summed E-state index contributed by atoms with van der Waals surface area (Å²) in [7, 11) is 1.58. The standard InChI is InChI=1S/C30H24ClN3O4/c1-17(18-6-5-7-21(14-18)38-2)32-29(35)19-10-12-22(25(15-19)30(36)37)24-16-20(31)11-13-23(24)28-33-26-8-3-4-9-27(26)34-28/h3-17H,1-2H3,(H,32,35)(H,33,34)(H,36,37)/t17-/m1/s1. The highest BCUT2D eigenvalue weighted by Gasteiger charge is 2.21. The third kappa shape index (κ3) is 4.96. The fraction of sp³-hybridized carbons (Fsp3) is 0.100. The van der Waals surface area contributed by atoms with Crippen LogP contribution in [-0.4, -0.2) is 34.1 Å². The molecule has 0 bridgehead atoms. The van der Waals surface area contributed by atoms with Crippen LogP contribution in [0, 0.1) is 0 Å². The number of benzene rings is 4. The van der Waals surface area contributed by atoms with Crippen LogP contribution >= 0.6 is 11.6 Å². The predicted octanol–water partition coefficient (Wildman–Crippen LogP) is 6.75. The number of amides is 1. The van der Waals surface area contributed by atoms with E-state index in [0.717, 1.165) is 16.6 Å². The number of hydrogen-bond acceptors (Lipinski definition) is 4. The average Bonchev–Trinajstić information content (AvgIpc) is 3.36. The van der Waals surface area contributed by atoms with Crippen LogP contribution in [0.5, 0.6) is 5.75 Å². The normalized spacial score (nSPS) is 11.8. The molecule has 1 atom stereocenters. The van der Waals surface area contributed by atoms with E-state index in [1.165, 1.54) is 6.07 Å². The van der Waals surface area contributed by atoms with Crippen LogP contribution in [0.15, 0.2) is 84.9 Å². The molecule has 38 heavy (non-hydrogen) atoms. The minimum atomic E-state index is -1.16. The second kappa shape index (κ2) is 10.4. The Morgan fingerprint density at radius 1 is 0.947 bits per heavy atom. The maximum Gasteiger partial charge on any atom is 0.336 e. The fourth-order valence-electron chi connectivity index (χ4n) is 4.40. The summed E-state index contributed by atoms with van der Waals surface area (Å²) in [6.45, 7) is 1.85. The number of rotatable bonds is 7. The molecule has 0 fully saturated rings. The first-order valence-corrected chi connectivity index (χ1v) is 12.3. The van der Waals surface area contributed by atoms with Crippen LogP contribution in [0.4, 0.5) is 0 Å². The van der Waals surface area contributed by atoms with Crippen LogP contribution in [0.2, 0.25) is 5.02 Å². The van der Waals surface area contributed by atoms with Crippen molar-refractivity contribution in [3.8, 4) is 28.3 Å². The Bertz CT molecular complexity index is 1640. The number of H-pyrrole nitrogens is 1. The number of ether oxygens (including phenoxy) is 1. The van der Waals surface area contributed by atoms with Crippen LogP contribution in [0.1, 0.15) is 39.2 Å². The summed E-state index contributed by atoms with van der Waals surface area (Å²) in [5.74, 6) is -0.282. The van der Waals surface area contributed by atoms with Crippen LogP contribution < -0.4 is 10.1 Å². The number of fused-ring (bicyclic) bond motifs is 1. The smallest absolute Gasteiger partial charge is 0.336 e. The van der Waals surface area contributed by atoms with Gasteiger partial charge in [0.15, 0.2) is 0 Å². The molecule has 0 spiro atoms. The van der Waals surface area contributed by atoms with Gasteiger partial charge in [-0.15, -0.1) is 0 Å². The van der Waals surface area contributed by atoms with Gasteiger partial charge in [-0.3, -0.25) is 4.79 Å². The summed E-state index contributed by atoms with van der Waals surface area (Å²) < 4.78 is 5.26. The number of carbonyl (C=O) groups excluding carboxylic acids is 1. The summed E-state index contributed by atoms with van der Waals surface area (Å²) in [4.78, 5) is 33.4. The lowest BCUT2D eigenvalue weighted by Gasteiger charge is -2.16. The second-order valence-electron chi connectivity index (χ2n) is 8.83. The van der Waals surface area contributed by atoms with Crippen molar-refractivity contribution in [2.45, 2.75) is 13.0 Å². The van der Waals surface area contributed by atoms with Crippen molar-refractivity contribution in [3.63, 3.8) is 0 Å². The molecule has 0 aliphatic rings. The van der Waals surface area contributed by atoms with Crippen molar-refractivity contribution in [2.24, 2.45) is 0 Å². The molecule has 0 radical (unpaired) electrons. The fourth-order valence-corrected chi connectivity index (χ4v) is 4.57. The lowest BCUT2D eigenvalue weighted by atomic mass is 9.93. The Balaban J connectivity index is 1.52. The van der Waals surface area contributed by atoms with Gasteiger partial charge in [0.05, 0.1) is 29.7 Å². The highest BCUT2D eigenvalue weighted by Crippen LogP contribution is 2.36. The molecule has 1 amide bonds. The number of halogens is 1. The van der Waals surface area contributed by atoms with Crippen molar-refractivity contribution >= 4 is 34.5 Å². The van der Waals surface area contributed by atoms with Gasteiger partial charge < -0.3 is 20.1 Å². The van der Waals surface area contributed by atoms with E-state index in [1.54, 1.807) is 37.4 Å². The van der Waals surface area contributed by atoms with E-state index in [0.29, 0.717) is 33.3 Å². The number of para-hydroxylation sites is 2. The quantitative estimate of drug-likeness (QED) is 0.218. The number of aromatic nitrogens is 2. The lowest BCUT2D eigenvalue weighted by Crippen LogP contribution is -2.27. The van der Waals surface area contributed by atoms with E-state index in [2.05, 4.69) is 15.3 Å². The number of carbonyl (C=O) groups is 2. The van der Waals surface area contributed by atoms with E-state index in [9.17, 15) is 14.7 Å². The molecular formula is C30H24ClN3O4. The van der Waals surface area contributed by atoms with E-state index in [-0.39, 0.29) is 17.2 Å². The first-order chi connectivity index (χ1) is 18.3. The molecule has 0 saturated heterocycles. The van der Waals surface area contributed by atoms with Gasteiger partial charge in [0.1, 0.15) is 11.6 Å². The van der Waals surface area contributed by atoms with Gasteiger partial charge in [-0.1, -0.05) is 41.9 Å². The largest absolute Gasteiger partial charge is 0.497 e. The van der Waals surface area contributed by atoms with Crippen molar-refractivity contribution in [2.75, 3.05) is 7.11 Å². The SMILES string of the molecule is COc1cccc([C@@H](C)NC(=O)c2ccc(-c3cc(Cl)ccc3-c3nc4ccccc4[nH]3)c(C(=O)O)c2)c1. The van der Waals surface area contributed by atoms with E-state index < -0.39 is 11.9 Å². The Labute approximate surface area is 224 Å². The summed E-state index contributed by atoms with van der Waals surface area (Å²) in [6, 6.07) is 24.6. The molecule has 8 heteroatoms. The van der Waals surface area contributed by atoms with Gasteiger partial charge in [0.25, 0.3) is 5.91 Å².